The molecule has 0 bridgehead atoms. The average molecular weight is 383 g/mol. The molecule has 4 rings (SSSR count). The van der Waals surface area contributed by atoms with Gasteiger partial charge in [0, 0.05) is 11.8 Å². The molecule has 3 aromatic rings. The number of hydrogen-bond acceptors (Lipinski definition) is 5. The summed E-state index contributed by atoms with van der Waals surface area (Å²) in [5.74, 6) is 0.753. The van der Waals surface area contributed by atoms with E-state index < -0.39 is 5.82 Å². The van der Waals surface area contributed by atoms with Crippen LogP contribution in [0.1, 0.15) is 43.4 Å². The van der Waals surface area contributed by atoms with Crippen molar-refractivity contribution in [2.24, 2.45) is 11.1 Å². The van der Waals surface area contributed by atoms with Gasteiger partial charge >= 0.3 is 0 Å². The zero-order chi connectivity index (χ0) is 20.1. The number of aromatic amines is 1. The van der Waals surface area contributed by atoms with E-state index in [9.17, 15) is 0 Å². The molecule has 0 radical (unpaired) electrons. The van der Waals surface area contributed by atoms with Gasteiger partial charge in [0.2, 0.25) is 0 Å². The van der Waals surface area contributed by atoms with E-state index in [4.69, 9.17) is 4.84 Å². The van der Waals surface area contributed by atoms with Gasteiger partial charge in [-0.15, -0.1) is 0 Å². The first-order chi connectivity index (χ1) is 13.6. The van der Waals surface area contributed by atoms with Crippen molar-refractivity contribution in [3.63, 3.8) is 0 Å². The Hall–Kier alpha value is -2.96. The SMILES string of the molecule is CC.Cc1cnc(Nc2c(/C=N/OCC3CC3)cc3[nH]cnc3c2F)c(C)c1. The lowest BCUT2D eigenvalue weighted by atomic mass is 10.1. The predicted octanol–water partition coefficient (Wildman–Crippen LogP) is 5.24. The van der Waals surface area contributed by atoms with Gasteiger partial charge in [-0.25, -0.2) is 14.4 Å². The number of aromatic nitrogens is 3. The highest BCUT2D eigenvalue weighted by molar-refractivity contribution is 5.96. The van der Waals surface area contributed by atoms with Crippen LogP contribution < -0.4 is 5.32 Å². The van der Waals surface area contributed by atoms with Crippen LogP contribution in [0.2, 0.25) is 0 Å². The van der Waals surface area contributed by atoms with Gasteiger partial charge < -0.3 is 15.1 Å². The fourth-order valence-corrected chi connectivity index (χ4v) is 2.78. The number of aryl methyl sites for hydroxylation is 2. The summed E-state index contributed by atoms with van der Waals surface area (Å²) in [6.45, 7) is 8.50. The van der Waals surface area contributed by atoms with E-state index in [1.807, 2.05) is 33.8 Å². The maximum Gasteiger partial charge on any atom is 0.175 e. The van der Waals surface area contributed by atoms with Crippen molar-refractivity contribution in [3.05, 3.63) is 47.2 Å². The molecule has 2 heterocycles. The van der Waals surface area contributed by atoms with Crippen molar-refractivity contribution in [2.45, 2.75) is 40.5 Å². The number of nitrogens with one attached hydrogen (secondary N) is 2. The molecule has 1 aromatic carbocycles. The minimum Gasteiger partial charge on any atom is -0.396 e. The van der Waals surface area contributed by atoms with Crippen molar-refractivity contribution in [1.82, 2.24) is 15.0 Å². The van der Waals surface area contributed by atoms with Crippen LogP contribution in [-0.2, 0) is 4.84 Å². The normalized spacial score (nSPS) is 13.5. The maximum absolute atomic E-state index is 15.0. The summed E-state index contributed by atoms with van der Waals surface area (Å²) < 4.78 is 15.0. The van der Waals surface area contributed by atoms with E-state index in [2.05, 4.69) is 25.4 Å². The Morgan fingerprint density at radius 1 is 1.29 bits per heavy atom. The summed E-state index contributed by atoms with van der Waals surface area (Å²) in [5, 5.41) is 7.10. The molecule has 0 amide bonds. The quantitative estimate of drug-likeness (QED) is 0.451. The number of hydrogen-bond donors (Lipinski definition) is 2. The minimum atomic E-state index is -0.450. The van der Waals surface area contributed by atoms with Crippen LogP contribution in [0.3, 0.4) is 0 Å². The van der Waals surface area contributed by atoms with E-state index in [0.29, 0.717) is 29.4 Å². The summed E-state index contributed by atoms with van der Waals surface area (Å²) in [4.78, 5) is 16.7. The molecule has 2 aromatic heterocycles. The van der Waals surface area contributed by atoms with E-state index in [1.165, 1.54) is 25.4 Å². The number of imidazole rings is 1. The lowest BCUT2D eigenvalue weighted by Crippen LogP contribution is -2.04. The zero-order valence-corrected chi connectivity index (χ0v) is 16.7. The summed E-state index contributed by atoms with van der Waals surface area (Å²) in [6, 6.07) is 3.79. The minimum absolute atomic E-state index is 0.272. The maximum atomic E-state index is 15.0. The topological polar surface area (TPSA) is 75.2 Å². The van der Waals surface area contributed by atoms with Crippen molar-refractivity contribution in [1.29, 1.82) is 0 Å². The molecule has 1 saturated carbocycles. The van der Waals surface area contributed by atoms with Crippen LogP contribution in [0.4, 0.5) is 15.9 Å². The van der Waals surface area contributed by atoms with Gasteiger partial charge in [0.05, 0.1) is 23.7 Å². The molecule has 6 nitrogen and oxygen atoms in total. The number of H-pyrrole nitrogens is 1. The van der Waals surface area contributed by atoms with Gasteiger partial charge in [0.15, 0.2) is 5.82 Å². The third-order valence-corrected chi connectivity index (χ3v) is 4.42. The Bertz CT molecular complexity index is 978. The number of halogens is 1. The van der Waals surface area contributed by atoms with E-state index in [-0.39, 0.29) is 11.2 Å². The van der Waals surface area contributed by atoms with Gasteiger partial charge in [0.1, 0.15) is 17.9 Å². The molecular weight excluding hydrogens is 357 g/mol. The highest BCUT2D eigenvalue weighted by Gasteiger charge is 2.22. The van der Waals surface area contributed by atoms with Crippen LogP contribution in [0.5, 0.6) is 0 Å². The number of oxime groups is 1. The second kappa shape index (κ2) is 8.82. The number of nitrogens with zero attached hydrogens (tertiary/aromatic N) is 3. The molecule has 2 N–H and O–H groups in total. The lowest BCUT2D eigenvalue weighted by Gasteiger charge is -2.13. The highest BCUT2D eigenvalue weighted by Crippen LogP contribution is 2.30. The standard InChI is InChI=1S/C19H20FN5O.C2H6/c1-11-5-12(2)19(21-7-11)25-17-14(8-24-26-9-13-3-4-13)6-15-18(16(17)20)23-10-22-15;1-2/h5-8,10,13H,3-4,9H2,1-2H3,(H,21,25)(H,22,23);1-2H3/b24-8+;. The summed E-state index contributed by atoms with van der Waals surface area (Å²) >= 11 is 0. The van der Waals surface area contributed by atoms with Gasteiger partial charge in [0.25, 0.3) is 0 Å². The van der Waals surface area contributed by atoms with E-state index in [0.717, 1.165) is 11.1 Å². The van der Waals surface area contributed by atoms with Crippen molar-refractivity contribution < 1.29 is 9.23 Å². The van der Waals surface area contributed by atoms with Crippen LogP contribution >= 0.6 is 0 Å². The molecule has 0 unspecified atom stereocenters. The third-order valence-electron chi connectivity index (χ3n) is 4.42. The van der Waals surface area contributed by atoms with Crippen LogP contribution in [0.15, 0.2) is 29.8 Å². The Labute approximate surface area is 164 Å². The van der Waals surface area contributed by atoms with Gasteiger partial charge in [-0.1, -0.05) is 25.1 Å². The lowest BCUT2D eigenvalue weighted by molar-refractivity contribution is 0.135. The Morgan fingerprint density at radius 3 is 2.79 bits per heavy atom. The summed E-state index contributed by atoms with van der Waals surface area (Å²) in [5.41, 5.74) is 3.70. The zero-order valence-electron chi connectivity index (χ0n) is 16.7. The molecule has 0 spiro atoms. The Morgan fingerprint density at radius 2 is 2.07 bits per heavy atom. The molecule has 1 fully saturated rings. The first-order valence-electron chi connectivity index (χ1n) is 9.63. The van der Waals surface area contributed by atoms with Crippen LogP contribution in [0.25, 0.3) is 11.0 Å². The number of pyridine rings is 1. The van der Waals surface area contributed by atoms with Gasteiger partial charge in [-0.3, -0.25) is 0 Å². The Balaban J connectivity index is 0.00000109. The van der Waals surface area contributed by atoms with E-state index in [1.54, 1.807) is 12.3 Å². The molecule has 148 valence electrons. The fourth-order valence-electron chi connectivity index (χ4n) is 2.78. The summed E-state index contributed by atoms with van der Waals surface area (Å²) in [6.07, 6.45) is 7.12. The molecule has 0 saturated heterocycles. The van der Waals surface area contributed by atoms with Crippen molar-refractivity contribution in [2.75, 3.05) is 11.9 Å². The molecule has 0 atom stereocenters. The number of rotatable bonds is 6. The molecule has 1 aliphatic carbocycles. The third kappa shape index (κ3) is 4.47. The second-order valence-electron chi connectivity index (χ2n) is 6.73. The smallest absolute Gasteiger partial charge is 0.175 e. The van der Waals surface area contributed by atoms with Crippen LogP contribution in [-0.4, -0.2) is 27.8 Å². The predicted molar refractivity (Wildman–Crippen MR) is 111 cm³/mol. The monoisotopic (exact) mass is 383 g/mol. The van der Waals surface area contributed by atoms with E-state index >= 15 is 4.39 Å². The highest BCUT2D eigenvalue weighted by atomic mass is 19.1. The second-order valence-corrected chi connectivity index (χ2v) is 6.73. The average Bonchev–Trinajstić information content (AvgIpc) is 3.40. The van der Waals surface area contributed by atoms with Gasteiger partial charge in [-0.05, 0) is 49.8 Å². The first kappa shape index (κ1) is 19.8. The van der Waals surface area contributed by atoms with Crippen molar-refractivity contribution in [3.8, 4) is 0 Å². The molecule has 28 heavy (non-hydrogen) atoms. The summed E-state index contributed by atoms with van der Waals surface area (Å²) in [7, 11) is 0. The Kier molecular flexibility index (Phi) is 6.23. The van der Waals surface area contributed by atoms with Gasteiger partial charge in [-0.2, -0.15) is 0 Å². The van der Waals surface area contributed by atoms with Crippen molar-refractivity contribution >= 4 is 28.8 Å². The fraction of sp³-hybridized carbons (Fsp3) is 0.381. The molecule has 7 heteroatoms. The molecular formula is C21H26FN5O. The number of fused-ring (bicyclic) bond motifs is 1. The number of benzene rings is 1. The molecule has 1 aliphatic rings. The first-order valence-corrected chi connectivity index (χ1v) is 9.63. The number of anilines is 2. The molecule has 0 aliphatic heterocycles. The largest absolute Gasteiger partial charge is 0.396 e. The van der Waals surface area contributed by atoms with Crippen LogP contribution in [0, 0.1) is 25.6 Å².